The van der Waals surface area contributed by atoms with Crippen LogP contribution in [0.2, 0.25) is 0 Å². The number of carbonyl (C=O) groups excluding carboxylic acids is 1. The zero-order valence-corrected chi connectivity index (χ0v) is 32.9. The van der Waals surface area contributed by atoms with Crippen LogP contribution in [0.25, 0.3) is 0 Å². The maximum atomic E-state index is 10.9. The van der Waals surface area contributed by atoms with Crippen molar-refractivity contribution in [3.8, 4) is 0 Å². The normalized spacial score (nSPS) is 11.7. The number of hydrogen-bond donors (Lipinski definition) is 1. The standard InChI is InChI=1S/C23H42O2.C22H40O2/c1-3-4-5-6-7-8-9-10-11-12-13-14-15-16-17-18-19-20-21-22-23(24)25-2;1-2-3-4-5-6-7-8-9-10-11-12-13-14-15-16-17-18-19-20-21-22(23)24/h19-22H,3-18H2,1-2H3;18-21H,2-17H2,1H3,(H,23,24). The predicted octanol–water partition coefficient (Wildman–Crippen LogP) is 15.0. The molecule has 1 N–H and O–H groups in total. The van der Waals surface area contributed by atoms with E-state index in [4.69, 9.17) is 5.11 Å². The molecule has 0 heterocycles. The van der Waals surface area contributed by atoms with Crippen molar-refractivity contribution in [1.82, 2.24) is 0 Å². The summed E-state index contributed by atoms with van der Waals surface area (Å²) in [5.74, 6) is -1.18. The summed E-state index contributed by atoms with van der Waals surface area (Å²) in [5, 5.41) is 8.44. The number of unbranched alkanes of at least 4 members (excludes halogenated alkanes) is 30. The Morgan fingerprint density at radius 3 is 0.939 bits per heavy atom. The molecule has 0 saturated carbocycles. The average molecular weight is 687 g/mol. The molecule has 49 heavy (non-hydrogen) atoms. The van der Waals surface area contributed by atoms with E-state index in [1.807, 2.05) is 12.2 Å². The first-order valence-electron chi connectivity index (χ1n) is 21.1. The SMILES string of the molecule is CCCCCCCCCCCCCCCCCC=CC=CC(=O)O.CCCCCCCCCCCCCCCCCC=CC=CC(=O)OC. The third kappa shape index (κ3) is 50.4. The third-order valence-electron chi connectivity index (χ3n) is 9.12. The summed E-state index contributed by atoms with van der Waals surface area (Å²) in [6.07, 6.45) is 58.0. The van der Waals surface area contributed by atoms with Crippen molar-refractivity contribution < 1.29 is 19.4 Å². The van der Waals surface area contributed by atoms with Crippen LogP contribution in [0.4, 0.5) is 0 Å². The average Bonchev–Trinajstić information content (AvgIpc) is 3.10. The van der Waals surface area contributed by atoms with E-state index in [1.165, 1.54) is 212 Å². The minimum Gasteiger partial charge on any atom is -0.478 e. The Balaban J connectivity index is 0. The smallest absolute Gasteiger partial charge is 0.330 e. The summed E-state index contributed by atoms with van der Waals surface area (Å²) in [4.78, 5) is 21.1. The highest BCUT2D eigenvalue weighted by atomic mass is 16.5. The monoisotopic (exact) mass is 687 g/mol. The number of aliphatic carboxylic acids is 1. The van der Waals surface area contributed by atoms with Crippen LogP contribution in [-0.4, -0.2) is 24.2 Å². The molecule has 0 rings (SSSR count). The number of ether oxygens (including phenoxy) is 1. The van der Waals surface area contributed by atoms with Crippen LogP contribution in [0.1, 0.15) is 219 Å². The van der Waals surface area contributed by atoms with E-state index in [1.54, 1.807) is 12.2 Å². The molecule has 0 aliphatic carbocycles. The summed E-state index contributed by atoms with van der Waals surface area (Å²) in [5.41, 5.74) is 0. The number of methoxy groups -OCH3 is 1. The van der Waals surface area contributed by atoms with Gasteiger partial charge in [-0.3, -0.25) is 0 Å². The molecular formula is C45H82O4. The third-order valence-corrected chi connectivity index (χ3v) is 9.12. The molecule has 0 radical (unpaired) electrons. The van der Waals surface area contributed by atoms with E-state index in [0.29, 0.717) is 0 Å². The van der Waals surface area contributed by atoms with Gasteiger partial charge in [0.25, 0.3) is 0 Å². The van der Waals surface area contributed by atoms with Gasteiger partial charge in [0.15, 0.2) is 0 Å². The largest absolute Gasteiger partial charge is 0.478 e. The lowest BCUT2D eigenvalue weighted by molar-refractivity contribution is -0.135. The van der Waals surface area contributed by atoms with Crippen LogP contribution in [0.15, 0.2) is 48.6 Å². The van der Waals surface area contributed by atoms with Crippen LogP contribution in [-0.2, 0) is 14.3 Å². The minimum atomic E-state index is -0.883. The second-order valence-electron chi connectivity index (χ2n) is 13.9. The summed E-state index contributed by atoms with van der Waals surface area (Å²) in [7, 11) is 1.39. The Morgan fingerprint density at radius 1 is 0.408 bits per heavy atom. The van der Waals surface area contributed by atoms with Gasteiger partial charge in [0.2, 0.25) is 0 Å². The molecule has 0 bridgehead atoms. The van der Waals surface area contributed by atoms with Gasteiger partial charge >= 0.3 is 11.9 Å². The summed E-state index contributed by atoms with van der Waals surface area (Å²) in [6, 6.07) is 0. The van der Waals surface area contributed by atoms with Gasteiger partial charge in [0, 0.05) is 12.2 Å². The Hall–Kier alpha value is -2.10. The van der Waals surface area contributed by atoms with Crippen LogP contribution in [0, 0.1) is 0 Å². The Labute approximate surface area is 305 Å². The molecule has 4 nitrogen and oxygen atoms in total. The number of carbonyl (C=O) groups is 2. The van der Waals surface area contributed by atoms with Crippen LogP contribution in [0.3, 0.4) is 0 Å². The van der Waals surface area contributed by atoms with Crippen molar-refractivity contribution in [3.05, 3.63) is 48.6 Å². The molecule has 0 unspecified atom stereocenters. The molecule has 0 aliphatic heterocycles. The number of allylic oxidation sites excluding steroid dienone is 6. The quantitative estimate of drug-likeness (QED) is 0.0308. The van der Waals surface area contributed by atoms with Gasteiger partial charge in [-0.25, -0.2) is 9.59 Å². The fourth-order valence-electron chi connectivity index (χ4n) is 5.96. The van der Waals surface area contributed by atoms with Gasteiger partial charge in [-0.15, -0.1) is 0 Å². The van der Waals surface area contributed by atoms with Crippen molar-refractivity contribution in [2.75, 3.05) is 7.11 Å². The first-order valence-corrected chi connectivity index (χ1v) is 21.1. The molecular weight excluding hydrogens is 604 g/mol. The van der Waals surface area contributed by atoms with Crippen molar-refractivity contribution in [2.24, 2.45) is 0 Å². The molecule has 0 aliphatic rings. The van der Waals surface area contributed by atoms with E-state index >= 15 is 0 Å². The Morgan fingerprint density at radius 2 is 0.673 bits per heavy atom. The number of rotatable bonds is 36. The lowest BCUT2D eigenvalue weighted by Gasteiger charge is -2.03. The summed E-state index contributed by atoms with van der Waals surface area (Å²) in [6.45, 7) is 4.56. The van der Waals surface area contributed by atoms with Crippen LogP contribution >= 0.6 is 0 Å². The minimum absolute atomic E-state index is 0.295. The molecule has 4 heteroatoms. The predicted molar refractivity (Wildman–Crippen MR) is 215 cm³/mol. The summed E-state index contributed by atoms with van der Waals surface area (Å²) < 4.78 is 4.53. The highest BCUT2D eigenvalue weighted by molar-refractivity contribution is 5.82. The number of esters is 1. The zero-order valence-electron chi connectivity index (χ0n) is 32.9. The Kier molecular flexibility index (Phi) is 45.9. The van der Waals surface area contributed by atoms with E-state index in [9.17, 15) is 9.59 Å². The number of carboxylic acid groups (broad SMARTS) is 1. The lowest BCUT2D eigenvalue weighted by Crippen LogP contribution is -1.92. The molecule has 0 atom stereocenters. The second kappa shape index (κ2) is 45.9. The van der Waals surface area contributed by atoms with Gasteiger partial charge in [-0.2, -0.15) is 0 Å². The lowest BCUT2D eigenvalue weighted by atomic mass is 10.0. The molecule has 0 saturated heterocycles. The van der Waals surface area contributed by atoms with Gasteiger partial charge in [0.1, 0.15) is 0 Å². The van der Waals surface area contributed by atoms with E-state index in [2.05, 4.69) is 30.7 Å². The summed E-state index contributed by atoms with van der Waals surface area (Å²) >= 11 is 0. The molecule has 0 spiro atoms. The molecule has 0 fully saturated rings. The van der Waals surface area contributed by atoms with Crippen molar-refractivity contribution in [2.45, 2.75) is 219 Å². The molecule has 286 valence electrons. The molecule has 0 aromatic rings. The maximum Gasteiger partial charge on any atom is 0.330 e. The van der Waals surface area contributed by atoms with Gasteiger partial charge < -0.3 is 9.84 Å². The van der Waals surface area contributed by atoms with Crippen LogP contribution < -0.4 is 0 Å². The second-order valence-corrected chi connectivity index (χ2v) is 13.9. The van der Waals surface area contributed by atoms with Crippen molar-refractivity contribution in [1.29, 1.82) is 0 Å². The zero-order chi connectivity index (χ0) is 36.1. The molecule has 0 aromatic heterocycles. The molecule has 0 amide bonds. The van der Waals surface area contributed by atoms with E-state index in [0.717, 1.165) is 12.8 Å². The number of carboxylic acids is 1. The Bertz CT molecular complexity index is 779. The molecule has 0 aromatic carbocycles. The fraction of sp³-hybridized carbons (Fsp3) is 0.778. The highest BCUT2D eigenvalue weighted by Crippen LogP contribution is 2.15. The van der Waals surface area contributed by atoms with E-state index in [-0.39, 0.29) is 5.97 Å². The number of hydrogen-bond acceptors (Lipinski definition) is 3. The first-order chi connectivity index (χ1) is 24.1. The van der Waals surface area contributed by atoms with Gasteiger partial charge in [-0.05, 0) is 25.7 Å². The van der Waals surface area contributed by atoms with E-state index < -0.39 is 5.97 Å². The maximum absolute atomic E-state index is 10.9. The fourth-order valence-corrected chi connectivity index (χ4v) is 5.96. The topological polar surface area (TPSA) is 63.6 Å². The van der Waals surface area contributed by atoms with Crippen molar-refractivity contribution in [3.63, 3.8) is 0 Å². The van der Waals surface area contributed by atoms with Crippen molar-refractivity contribution >= 4 is 11.9 Å². The first kappa shape index (κ1) is 49.0. The van der Waals surface area contributed by atoms with Gasteiger partial charge in [-0.1, -0.05) is 230 Å². The highest BCUT2D eigenvalue weighted by Gasteiger charge is 1.96. The van der Waals surface area contributed by atoms with Gasteiger partial charge in [0.05, 0.1) is 7.11 Å². The van der Waals surface area contributed by atoms with Crippen LogP contribution in [0.5, 0.6) is 0 Å².